The van der Waals surface area contributed by atoms with Gasteiger partial charge in [-0.25, -0.2) is 4.79 Å². The van der Waals surface area contributed by atoms with Crippen molar-refractivity contribution in [2.45, 2.75) is 71.6 Å². The predicted octanol–water partition coefficient (Wildman–Crippen LogP) is 9.20. The van der Waals surface area contributed by atoms with E-state index in [2.05, 4.69) is 26.0 Å². The largest absolute Gasteiger partial charge is 0.493 e. The van der Waals surface area contributed by atoms with Crippen LogP contribution >= 0.6 is 0 Å². The van der Waals surface area contributed by atoms with Gasteiger partial charge in [-0.05, 0) is 79.8 Å². The summed E-state index contributed by atoms with van der Waals surface area (Å²) in [6.07, 6.45) is 11.6. The molecule has 40 heavy (non-hydrogen) atoms. The summed E-state index contributed by atoms with van der Waals surface area (Å²) >= 11 is 0. The lowest BCUT2D eigenvalue weighted by atomic mass is 9.86. The molecule has 3 aromatic carbocycles. The molecule has 5 nitrogen and oxygen atoms in total. The second kappa shape index (κ2) is 13.1. The molecule has 210 valence electrons. The minimum atomic E-state index is -0.973. The first kappa shape index (κ1) is 27.8. The highest BCUT2D eigenvalue weighted by Crippen LogP contribution is 2.34. The first-order valence-corrected chi connectivity index (χ1v) is 14.8. The number of nitrogens with zero attached hydrogens (tertiary/aromatic N) is 1. The minimum Gasteiger partial charge on any atom is -0.493 e. The number of para-hydroxylation sites is 1. The van der Waals surface area contributed by atoms with Crippen LogP contribution in [0.15, 0.2) is 66.9 Å². The Bertz CT molecular complexity index is 1450. The van der Waals surface area contributed by atoms with Crippen LogP contribution in [-0.4, -0.2) is 29.0 Å². The van der Waals surface area contributed by atoms with E-state index in [1.165, 1.54) is 43.1 Å². The molecule has 0 spiro atoms. The highest BCUT2D eigenvalue weighted by Gasteiger charge is 2.18. The summed E-state index contributed by atoms with van der Waals surface area (Å²) in [6, 6.07) is 20.2. The van der Waals surface area contributed by atoms with Crippen molar-refractivity contribution in [2.24, 2.45) is 5.92 Å². The third kappa shape index (κ3) is 6.70. The van der Waals surface area contributed by atoms with Gasteiger partial charge in [-0.3, -0.25) is 4.57 Å². The van der Waals surface area contributed by atoms with Crippen LogP contribution in [0.5, 0.6) is 11.5 Å². The molecule has 0 aliphatic heterocycles. The van der Waals surface area contributed by atoms with Gasteiger partial charge in [0.2, 0.25) is 0 Å². The number of fused-ring (bicyclic) bond motifs is 1. The van der Waals surface area contributed by atoms with E-state index < -0.39 is 6.09 Å². The Morgan fingerprint density at radius 3 is 2.30 bits per heavy atom. The molecule has 0 unspecified atom stereocenters. The van der Waals surface area contributed by atoms with Crippen LogP contribution in [0.2, 0.25) is 0 Å². The molecular formula is C35H41NO4. The number of aryl methyl sites for hydroxylation is 3. The molecule has 1 N–H and O–H groups in total. The van der Waals surface area contributed by atoms with E-state index in [0.29, 0.717) is 6.61 Å². The Hall–Kier alpha value is -3.73. The number of aromatic nitrogens is 1. The van der Waals surface area contributed by atoms with E-state index in [4.69, 9.17) is 9.47 Å². The number of hydrogen-bond acceptors (Lipinski definition) is 3. The Balaban J connectivity index is 1.20. The summed E-state index contributed by atoms with van der Waals surface area (Å²) in [5, 5.41) is 11.0. The molecule has 0 saturated heterocycles. The van der Waals surface area contributed by atoms with Crippen molar-refractivity contribution in [2.75, 3.05) is 13.2 Å². The Labute approximate surface area is 237 Å². The van der Waals surface area contributed by atoms with Gasteiger partial charge in [-0.1, -0.05) is 74.6 Å². The van der Waals surface area contributed by atoms with Crippen molar-refractivity contribution < 1.29 is 19.4 Å². The molecule has 1 heterocycles. The van der Waals surface area contributed by atoms with Crippen molar-refractivity contribution in [3.63, 3.8) is 0 Å². The van der Waals surface area contributed by atoms with E-state index >= 15 is 0 Å². The molecule has 4 aromatic rings. The van der Waals surface area contributed by atoms with Gasteiger partial charge in [0.25, 0.3) is 0 Å². The molecule has 0 amide bonds. The normalized spacial score (nSPS) is 13.9. The average Bonchev–Trinajstić information content (AvgIpc) is 3.33. The van der Waals surface area contributed by atoms with Crippen molar-refractivity contribution in [3.8, 4) is 22.6 Å². The standard InChI is InChI=1S/C35H41NO4/c1-25-21-29(39-19-9-14-27-12-4-3-5-13-27)23-30(22-25)40-20-10-15-28-24-36(35(37)38)34-32(28)17-8-18-33(34)31-16-7-6-11-26(31)2/h6-8,11,16-18,21-24,27H,3-5,9-10,12-15,19-20H2,1-2H3,(H,37,38). The van der Waals surface area contributed by atoms with Gasteiger partial charge in [-0.2, -0.15) is 0 Å². The molecule has 0 bridgehead atoms. The summed E-state index contributed by atoms with van der Waals surface area (Å²) < 4.78 is 13.6. The van der Waals surface area contributed by atoms with E-state index in [0.717, 1.165) is 82.0 Å². The second-order valence-corrected chi connectivity index (χ2v) is 11.3. The smallest absolute Gasteiger partial charge is 0.416 e. The SMILES string of the molecule is Cc1cc(OCCCc2cn(C(=O)O)c3c(-c4ccccc4C)cccc23)cc(OCCCC2CCCCC2)c1. The lowest BCUT2D eigenvalue weighted by Crippen LogP contribution is -2.08. The quantitative estimate of drug-likeness (QED) is 0.193. The van der Waals surface area contributed by atoms with Crippen LogP contribution in [0.3, 0.4) is 0 Å². The summed E-state index contributed by atoms with van der Waals surface area (Å²) in [4.78, 5) is 12.2. The number of benzene rings is 3. The van der Waals surface area contributed by atoms with Crippen LogP contribution in [-0.2, 0) is 6.42 Å². The molecule has 5 rings (SSSR count). The van der Waals surface area contributed by atoms with E-state index in [9.17, 15) is 9.90 Å². The molecular weight excluding hydrogens is 498 g/mol. The second-order valence-electron chi connectivity index (χ2n) is 11.3. The maximum absolute atomic E-state index is 12.2. The third-order valence-corrected chi connectivity index (χ3v) is 8.18. The molecule has 1 saturated carbocycles. The molecule has 5 heteroatoms. The zero-order valence-corrected chi connectivity index (χ0v) is 23.8. The zero-order chi connectivity index (χ0) is 27.9. The van der Waals surface area contributed by atoms with Gasteiger partial charge in [-0.15, -0.1) is 0 Å². The fraction of sp³-hybridized carbons (Fsp3) is 0.400. The molecule has 0 radical (unpaired) electrons. The minimum absolute atomic E-state index is 0.543. The van der Waals surface area contributed by atoms with Crippen molar-refractivity contribution in [1.82, 2.24) is 4.57 Å². The number of carboxylic acid groups (broad SMARTS) is 1. The van der Waals surface area contributed by atoms with Gasteiger partial charge < -0.3 is 14.6 Å². The maximum atomic E-state index is 12.2. The lowest BCUT2D eigenvalue weighted by molar-refractivity contribution is 0.197. The monoisotopic (exact) mass is 539 g/mol. The zero-order valence-electron chi connectivity index (χ0n) is 23.8. The number of hydrogen-bond donors (Lipinski definition) is 1. The third-order valence-electron chi connectivity index (χ3n) is 8.18. The summed E-state index contributed by atoms with van der Waals surface area (Å²) in [5.74, 6) is 2.57. The van der Waals surface area contributed by atoms with Crippen molar-refractivity contribution in [1.29, 1.82) is 0 Å². The summed E-state index contributed by atoms with van der Waals surface area (Å²) in [7, 11) is 0. The van der Waals surface area contributed by atoms with Crippen LogP contribution < -0.4 is 9.47 Å². The van der Waals surface area contributed by atoms with E-state index in [1.807, 2.05) is 48.5 Å². The van der Waals surface area contributed by atoms with E-state index in [1.54, 1.807) is 6.20 Å². The summed E-state index contributed by atoms with van der Waals surface area (Å²) in [5.41, 5.74) is 5.98. The summed E-state index contributed by atoms with van der Waals surface area (Å²) in [6.45, 7) is 5.41. The van der Waals surface area contributed by atoms with Gasteiger partial charge in [0.1, 0.15) is 11.5 Å². The number of rotatable bonds is 11. The Morgan fingerprint density at radius 2 is 1.57 bits per heavy atom. The lowest BCUT2D eigenvalue weighted by Gasteiger charge is -2.21. The fourth-order valence-corrected chi connectivity index (χ4v) is 6.17. The van der Waals surface area contributed by atoms with E-state index in [-0.39, 0.29) is 0 Å². The maximum Gasteiger partial charge on any atom is 0.416 e. The van der Waals surface area contributed by atoms with Crippen LogP contribution in [0, 0.1) is 19.8 Å². The molecule has 1 aliphatic carbocycles. The molecule has 1 aromatic heterocycles. The van der Waals surface area contributed by atoms with Crippen molar-refractivity contribution >= 4 is 17.0 Å². The Morgan fingerprint density at radius 1 is 0.875 bits per heavy atom. The van der Waals surface area contributed by atoms with Crippen molar-refractivity contribution in [3.05, 3.63) is 83.6 Å². The van der Waals surface area contributed by atoms with Crippen LogP contribution in [0.4, 0.5) is 4.79 Å². The van der Waals surface area contributed by atoms with Gasteiger partial charge in [0.15, 0.2) is 0 Å². The topological polar surface area (TPSA) is 60.7 Å². The first-order valence-electron chi connectivity index (χ1n) is 14.8. The Kier molecular flexibility index (Phi) is 9.10. The number of carbonyl (C=O) groups is 1. The fourth-order valence-electron chi connectivity index (χ4n) is 6.17. The van der Waals surface area contributed by atoms with Crippen LogP contribution in [0.25, 0.3) is 22.0 Å². The van der Waals surface area contributed by atoms with Crippen LogP contribution in [0.1, 0.15) is 68.1 Å². The van der Waals surface area contributed by atoms with Gasteiger partial charge in [0, 0.05) is 23.2 Å². The highest BCUT2D eigenvalue weighted by molar-refractivity contribution is 6.01. The highest BCUT2D eigenvalue weighted by atomic mass is 16.5. The number of ether oxygens (including phenoxy) is 2. The first-order chi connectivity index (χ1) is 19.5. The van der Waals surface area contributed by atoms with Gasteiger partial charge >= 0.3 is 6.09 Å². The molecule has 1 aliphatic rings. The predicted molar refractivity (Wildman–Crippen MR) is 162 cm³/mol. The molecule has 1 fully saturated rings. The average molecular weight is 540 g/mol. The van der Waals surface area contributed by atoms with Gasteiger partial charge in [0.05, 0.1) is 18.7 Å². The molecule has 0 atom stereocenters.